The summed E-state index contributed by atoms with van der Waals surface area (Å²) in [6, 6.07) is 10.3. The number of carbonyl (C=O) groups excluding carboxylic acids is 1. The molecule has 0 aromatic heterocycles. The van der Waals surface area contributed by atoms with Gasteiger partial charge in [-0.25, -0.2) is 0 Å². The van der Waals surface area contributed by atoms with Crippen molar-refractivity contribution < 1.29 is 4.79 Å². The third-order valence-electron chi connectivity index (χ3n) is 3.50. The lowest BCUT2D eigenvalue weighted by molar-refractivity contribution is -0.125. The molecule has 3 N–H and O–H groups in total. The van der Waals surface area contributed by atoms with Crippen molar-refractivity contribution in [3.63, 3.8) is 0 Å². The molecule has 3 heteroatoms. The van der Waals surface area contributed by atoms with Crippen molar-refractivity contribution in [2.24, 2.45) is 11.7 Å². The highest BCUT2D eigenvalue weighted by Crippen LogP contribution is 2.25. The number of nitrogens with one attached hydrogen (secondary N) is 1. The van der Waals surface area contributed by atoms with Crippen molar-refractivity contribution in [2.75, 3.05) is 0 Å². The molecule has 0 heterocycles. The predicted molar refractivity (Wildman–Crippen MR) is 68.3 cm³/mol. The lowest BCUT2D eigenvalue weighted by Crippen LogP contribution is -2.32. The molecule has 3 atom stereocenters. The summed E-state index contributed by atoms with van der Waals surface area (Å²) in [5.74, 6) is 0.255. The summed E-state index contributed by atoms with van der Waals surface area (Å²) in [5.41, 5.74) is 6.97. The molecule has 1 aromatic carbocycles. The van der Waals surface area contributed by atoms with Crippen LogP contribution in [0.5, 0.6) is 0 Å². The highest BCUT2D eigenvalue weighted by molar-refractivity contribution is 5.79. The van der Waals surface area contributed by atoms with Crippen LogP contribution in [-0.4, -0.2) is 11.9 Å². The third-order valence-corrected chi connectivity index (χ3v) is 3.50. The maximum absolute atomic E-state index is 12.0. The standard InChI is InChI=1S/C14H20N2O/c1-10(11-5-3-2-4-6-11)16-14(17)12-7-8-13(15)9-12/h2-6,10,12-13H,7-9,15H2,1H3,(H,16,17)/t10-,12?,13?/m0/s1. The van der Waals surface area contributed by atoms with E-state index in [1.807, 2.05) is 37.3 Å². The van der Waals surface area contributed by atoms with Crippen LogP contribution >= 0.6 is 0 Å². The van der Waals surface area contributed by atoms with E-state index in [2.05, 4.69) is 5.32 Å². The van der Waals surface area contributed by atoms with Crippen LogP contribution in [0.1, 0.15) is 37.8 Å². The Morgan fingerprint density at radius 3 is 2.65 bits per heavy atom. The second-order valence-electron chi connectivity index (χ2n) is 4.91. The molecule has 1 aliphatic carbocycles. The van der Waals surface area contributed by atoms with E-state index in [0.29, 0.717) is 0 Å². The van der Waals surface area contributed by atoms with Crippen molar-refractivity contribution in [1.82, 2.24) is 5.32 Å². The molecule has 3 nitrogen and oxygen atoms in total. The molecule has 0 saturated heterocycles. The third kappa shape index (κ3) is 3.07. The molecule has 2 unspecified atom stereocenters. The number of benzene rings is 1. The van der Waals surface area contributed by atoms with Crippen LogP contribution in [0.25, 0.3) is 0 Å². The number of amides is 1. The van der Waals surface area contributed by atoms with E-state index in [4.69, 9.17) is 5.73 Å². The topological polar surface area (TPSA) is 55.1 Å². The van der Waals surface area contributed by atoms with E-state index in [0.717, 1.165) is 24.8 Å². The first-order chi connectivity index (χ1) is 8.16. The van der Waals surface area contributed by atoms with Gasteiger partial charge in [0.15, 0.2) is 0 Å². The minimum Gasteiger partial charge on any atom is -0.349 e. The molecule has 1 aliphatic rings. The zero-order chi connectivity index (χ0) is 12.3. The SMILES string of the molecule is C[C@H](NC(=O)C1CCC(N)C1)c1ccccc1. The van der Waals surface area contributed by atoms with Gasteiger partial charge in [0.05, 0.1) is 6.04 Å². The molecule has 0 bridgehead atoms. The van der Waals surface area contributed by atoms with Crippen LogP contribution in [0, 0.1) is 5.92 Å². The molecule has 1 amide bonds. The summed E-state index contributed by atoms with van der Waals surface area (Å²) in [4.78, 5) is 12.0. The Hall–Kier alpha value is -1.35. The van der Waals surface area contributed by atoms with Gasteiger partial charge in [0.2, 0.25) is 5.91 Å². The van der Waals surface area contributed by atoms with Gasteiger partial charge in [0.25, 0.3) is 0 Å². The van der Waals surface area contributed by atoms with E-state index in [9.17, 15) is 4.79 Å². The Bertz CT molecular complexity index is 377. The molecule has 0 aliphatic heterocycles. The minimum absolute atomic E-state index is 0.0699. The highest BCUT2D eigenvalue weighted by Gasteiger charge is 2.28. The molecule has 0 spiro atoms. The van der Waals surface area contributed by atoms with Gasteiger partial charge in [0.1, 0.15) is 0 Å². The maximum Gasteiger partial charge on any atom is 0.223 e. The molecule has 1 fully saturated rings. The van der Waals surface area contributed by atoms with Gasteiger partial charge in [0, 0.05) is 12.0 Å². The lowest BCUT2D eigenvalue weighted by atomic mass is 10.0. The molecule has 17 heavy (non-hydrogen) atoms. The second kappa shape index (κ2) is 5.32. The highest BCUT2D eigenvalue weighted by atomic mass is 16.1. The van der Waals surface area contributed by atoms with Crippen molar-refractivity contribution in [3.8, 4) is 0 Å². The first-order valence-electron chi connectivity index (χ1n) is 6.27. The van der Waals surface area contributed by atoms with Crippen molar-refractivity contribution in [3.05, 3.63) is 35.9 Å². The Morgan fingerprint density at radius 1 is 1.35 bits per heavy atom. The van der Waals surface area contributed by atoms with Crippen molar-refractivity contribution >= 4 is 5.91 Å². The van der Waals surface area contributed by atoms with Crippen molar-refractivity contribution in [1.29, 1.82) is 0 Å². The van der Waals surface area contributed by atoms with E-state index in [-0.39, 0.29) is 23.9 Å². The molecule has 1 saturated carbocycles. The second-order valence-corrected chi connectivity index (χ2v) is 4.91. The van der Waals surface area contributed by atoms with Crippen molar-refractivity contribution in [2.45, 2.75) is 38.3 Å². The zero-order valence-corrected chi connectivity index (χ0v) is 10.2. The van der Waals surface area contributed by atoms with Crippen LogP contribution in [0.4, 0.5) is 0 Å². The predicted octanol–water partition coefficient (Wildman–Crippen LogP) is 1.99. The fraction of sp³-hybridized carbons (Fsp3) is 0.500. The van der Waals surface area contributed by atoms with E-state index in [1.165, 1.54) is 0 Å². The van der Waals surface area contributed by atoms with Gasteiger partial charge in [-0.15, -0.1) is 0 Å². The largest absolute Gasteiger partial charge is 0.349 e. The van der Waals surface area contributed by atoms with Gasteiger partial charge in [-0.1, -0.05) is 30.3 Å². The molecule has 1 aromatic rings. The smallest absolute Gasteiger partial charge is 0.223 e. The van der Waals surface area contributed by atoms with Gasteiger partial charge in [-0.05, 0) is 31.7 Å². The molecule has 0 radical (unpaired) electrons. The van der Waals surface area contributed by atoms with E-state index >= 15 is 0 Å². The van der Waals surface area contributed by atoms with Crippen LogP contribution in [-0.2, 0) is 4.79 Å². The van der Waals surface area contributed by atoms with Crippen LogP contribution in [0.15, 0.2) is 30.3 Å². The molecular formula is C14H20N2O. The van der Waals surface area contributed by atoms with Gasteiger partial charge in [-0.3, -0.25) is 4.79 Å². The summed E-state index contributed by atoms with van der Waals surface area (Å²) < 4.78 is 0. The van der Waals surface area contributed by atoms with Gasteiger partial charge < -0.3 is 11.1 Å². The number of nitrogens with two attached hydrogens (primary N) is 1. The lowest BCUT2D eigenvalue weighted by Gasteiger charge is -2.17. The first kappa shape index (κ1) is 12.1. The number of rotatable bonds is 3. The van der Waals surface area contributed by atoms with E-state index < -0.39 is 0 Å². The summed E-state index contributed by atoms with van der Waals surface area (Å²) in [6.07, 6.45) is 2.72. The average molecular weight is 232 g/mol. The van der Waals surface area contributed by atoms with Gasteiger partial charge >= 0.3 is 0 Å². The quantitative estimate of drug-likeness (QED) is 0.837. The van der Waals surface area contributed by atoms with E-state index in [1.54, 1.807) is 0 Å². The van der Waals surface area contributed by atoms with Gasteiger partial charge in [-0.2, -0.15) is 0 Å². The van der Waals surface area contributed by atoms with Crippen LogP contribution in [0.2, 0.25) is 0 Å². The summed E-state index contributed by atoms with van der Waals surface area (Å²) in [7, 11) is 0. The Labute approximate surface area is 102 Å². The minimum atomic E-state index is 0.0699. The first-order valence-corrected chi connectivity index (χ1v) is 6.27. The van der Waals surface area contributed by atoms with Crippen LogP contribution < -0.4 is 11.1 Å². The maximum atomic E-state index is 12.0. The zero-order valence-electron chi connectivity index (χ0n) is 10.2. The number of hydrogen-bond donors (Lipinski definition) is 2. The number of hydrogen-bond acceptors (Lipinski definition) is 2. The summed E-state index contributed by atoms with van der Waals surface area (Å²) in [5, 5.41) is 3.06. The fourth-order valence-electron chi connectivity index (χ4n) is 2.41. The summed E-state index contributed by atoms with van der Waals surface area (Å²) >= 11 is 0. The monoisotopic (exact) mass is 232 g/mol. The Morgan fingerprint density at radius 2 is 2.06 bits per heavy atom. The average Bonchev–Trinajstić information content (AvgIpc) is 2.77. The van der Waals surface area contributed by atoms with Crippen LogP contribution in [0.3, 0.4) is 0 Å². The Balaban J connectivity index is 1.91. The molecule has 92 valence electrons. The summed E-state index contributed by atoms with van der Waals surface area (Å²) in [6.45, 7) is 2.02. The normalized spacial score (nSPS) is 25.5. The molecule has 2 rings (SSSR count). The Kier molecular flexibility index (Phi) is 3.79. The fourth-order valence-corrected chi connectivity index (χ4v) is 2.41. The molecular weight excluding hydrogens is 212 g/mol. The number of carbonyl (C=O) groups is 1.